The van der Waals surface area contributed by atoms with Crippen LogP contribution in [-0.4, -0.2) is 5.11 Å². The van der Waals surface area contributed by atoms with Crippen molar-refractivity contribution in [1.82, 2.24) is 0 Å². The molecule has 0 spiro atoms. The molecule has 0 saturated carbocycles. The molecule has 1 N–H and O–H groups in total. The van der Waals surface area contributed by atoms with E-state index in [4.69, 9.17) is 0 Å². The van der Waals surface area contributed by atoms with Gasteiger partial charge in [0.05, 0.1) is 0 Å². The molecule has 0 bridgehead atoms. The van der Waals surface area contributed by atoms with Gasteiger partial charge in [-0.05, 0) is 23.0 Å². The van der Waals surface area contributed by atoms with Crippen LogP contribution < -0.4 is 0 Å². The van der Waals surface area contributed by atoms with Crippen molar-refractivity contribution in [2.45, 2.75) is 46.0 Å². The van der Waals surface area contributed by atoms with Crippen LogP contribution in [-0.2, 0) is 21.7 Å². The molecule has 1 aromatic carbocycles. The van der Waals surface area contributed by atoms with E-state index in [2.05, 4.69) is 39.8 Å². The molecule has 1 aliphatic rings. The molecular formula is C22H40Cl2OTi-6. The van der Waals surface area contributed by atoms with Crippen LogP contribution in [0.4, 0.5) is 0 Å². The number of hydrogen-bond acceptors (Lipinski definition) is 1. The van der Waals surface area contributed by atoms with Crippen molar-refractivity contribution in [3.8, 4) is 5.75 Å². The molecule has 1 nitrogen and oxygen atoms in total. The number of phenolic OH excluding ortho intramolecular Hbond substituents is 1. The average Bonchev–Trinajstić information content (AvgIpc) is 2.87. The predicted molar refractivity (Wildman–Crippen MR) is 124 cm³/mol. The molecule has 4 heteroatoms. The number of halogens is 2. The Labute approximate surface area is 193 Å². The van der Waals surface area contributed by atoms with E-state index in [1.165, 1.54) is 0 Å². The van der Waals surface area contributed by atoms with Crippen molar-refractivity contribution in [2.24, 2.45) is 0 Å². The minimum absolute atomic E-state index is 0. The third-order valence-corrected chi connectivity index (χ3v) is 2.93. The van der Waals surface area contributed by atoms with Gasteiger partial charge in [-0.25, -0.2) is 12.2 Å². The second kappa shape index (κ2) is 27.0. The quantitative estimate of drug-likeness (QED) is 0.365. The van der Waals surface area contributed by atoms with Gasteiger partial charge in [-0.2, -0.15) is 6.08 Å². The molecule has 158 valence electrons. The van der Waals surface area contributed by atoms with E-state index >= 15 is 0 Å². The summed E-state index contributed by atoms with van der Waals surface area (Å²) in [5.74, 6) is 1.25. The first-order valence-electron chi connectivity index (χ1n) is 6.57. The van der Waals surface area contributed by atoms with E-state index in [9.17, 15) is 5.11 Å². The third-order valence-electron chi connectivity index (χ3n) is 2.93. The van der Waals surface area contributed by atoms with Gasteiger partial charge < -0.3 is 42.2 Å². The fourth-order valence-corrected chi connectivity index (χ4v) is 1.85. The first kappa shape index (κ1) is 50.1. The van der Waals surface area contributed by atoms with Gasteiger partial charge in [0.1, 0.15) is 5.75 Å². The standard InChI is InChI=1S/C12H18O.C5H5.5CH3.2ClH.Ti/c1-8(2)10-6-5-7-11(9(3)4)12(10)13;1-2-4-5-3-1;;;;;;;;/h5-9,13H,1-4H3;1-3H,4H2;5*1H3;2*1H;/q;6*-1;;;. The molecule has 0 atom stereocenters. The number of aromatic hydroxyl groups is 1. The van der Waals surface area contributed by atoms with E-state index in [0.29, 0.717) is 17.6 Å². The fourth-order valence-electron chi connectivity index (χ4n) is 1.85. The summed E-state index contributed by atoms with van der Waals surface area (Å²) < 4.78 is 0. The molecule has 0 heterocycles. The van der Waals surface area contributed by atoms with Crippen LogP contribution in [0, 0.1) is 43.2 Å². The van der Waals surface area contributed by atoms with Crippen LogP contribution in [0.2, 0.25) is 0 Å². The minimum Gasteiger partial charge on any atom is -0.507 e. The van der Waals surface area contributed by atoms with Gasteiger partial charge in [0.25, 0.3) is 0 Å². The average molecular weight is 439 g/mol. The zero-order valence-corrected chi connectivity index (χ0v) is 21.3. The second-order valence-corrected chi connectivity index (χ2v) is 5.10. The smallest absolute Gasteiger partial charge is 0.122 e. The van der Waals surface area contributed by atoms with Crippen LogP contribution in [0.5, 0.6) is 5.75 Å². The van der Waals surface area contributed by atoms with E-state index in [0.717, 1.165) is 17.5 Å². The van der Waals surface area contributed by atoms with Crippen molar-refractivity contribution >= 4 is 24.8 Å². The van der Waals surface area contributed by atoms with Gasteiger partial charge in [-0.3, -0.25) is 6.08 Å². The summed E-state index contributed by atoms with van der Waals surface area (Å²) >= 11 is 0. The zero-order chi connectivity index (χ0) is 13.5. The molecule has 0 fully saturated rings. The maximum Gasteiger partial charge on any atom is 0.122 e. The van der Waals surface area contributed by atoms with Crippen molar-refractivity contribution < 1.29 is 26.8 Å². The Balaban J connectivity index is -0.0000000371. The Morgan fingerprint density at radius 1 is 0.846 bits per heavy atom. The molecule has 26 heavy (non-hydrogen) atoms. The molecule has 1 aromatic rings. The number of allylic oxidation sites excluding steroid dienone is 4. The molecule has 0 unspecified atom stereocenters. The summed E-state index contributed by atoms with van der Waals surface area (Å²) in [7, 11) is 0. The fraction of sp³-hybridized carbons (Fsp3) is 0.318. The largest absolute Gasteiger partial charge is 0.507 e. The zero-order valence-electron chi connectivity index (χ0n) is 18.1. The van der Waals surface area contributed by atoms with Gasteiger partial charge >= 0.3 is 0 Å². The number of para-hydroxylation sites is 1. The molecule has 0 amide bonds. The van der Waals surface area contributed by atoms with Gasteiger partial charge in [0.15, 0.2) is 0 Å². The summed E-state index contributed by atoms with van der Waals surface area (Å²) in [6.45, 7) is 8.39. The Morgan fingerprint density at radius 2 is 1.23 bits per heavy atom. The number of benzene rings is 1. The summed E-state index contributed by atoms with van der Waals surface area (Å²) in [4.78, 5) is 0. The predicted octanol–water partition coefficient (Wildman–Crippen LogP) is 8.04. The van der Waals surface area contributed by atoms with Crippen LogP contribution in [0.3, 0.4) is 0 Å². The second-order valence-electron chi connectivity index (χ2n) is 5.10. The van der Waals surface area contributed by atoms with E-state index in [1.807, 2.05) is 30.4 Å². The number of rotatable bonds is 2. The Kier molecular flexibility index (Phi) is 52.0. The van der Waals surface area contributed by atoms with E-state index in [1.54, 1.807) is 0 Å². The molecule has 0 saturated heterocycles. The first-order valence-corrected chi connectivity index (χ1v) is 6.57. The Bertz CT molecular complexity index is 406. The maximum atomic E-state index is 9.93. The SMILES string of the molecule is CC(C)c1cccc(C(C)C)c1O.Cl.Cl.[C-]1=CC=CC1.[CH3-].[CH3-].[CH3-].[CH3-].[CH3-].[Ti]. The Hall–Kier alpha value is -0.206. The number of hydrogen-bond donors (Lipinski definition) is 1. The normalized spacial score (nSPS) is 9.00. The van der Waals surface area contributed by atoms with Crippen LogP contribution >= 0.6 is 24.8 Å². The Morgan fingerprint density at radius 3 is 1.42 bits per heavy atom. The van der Waals surface area contributed by atoms with E-state index in [-0.39, 0.29) is 83.7 Å². The van der Waals surface area contributed by atoms with Crippen molar-refractivity contribution in [3.05, 3.63) is 90.8 Å². The molecule has 0 radical (unpaired) electrons. The molecule has 0 aliphatic heterocycles. The minimum atomic E-state index is 0. The van der Waals surface area contributed by atoms with Crippen LogP contribution in [0.15, 0.2) is 36.4 Å². The van der Waals surface area contributed by atoms with Gasteiger partial charge in [0.2, 0.25) is 0 Å². The third kappa shape index (κ3) is 17.2. The topological polar surface area (TPSA) is 20.2 Å². The molecular weight excluding hydrogens is 399 g/mol. The van der Waals surface area contributed by atoms with Crippen LogP contribution in [0.1, 0.15) is 57.1 Å². The van der Waals surface area contributed by atoms with Crippen molar-refractivity contribution in [3.63, 3.8) is 0 Å². The monoisotopic (exact) mass is 438 g/mol. The van der Waals surface area contributed by atoms with Crippen molar-refractivity contribution in [1.29, 1.82) is 0 Å². The van der Waals surface area contributed by atoms with Crippen molar-refractivity contribution in [2.75, 3.05) is 0 Å². The maximum absolute atomic E-state index is 9.93. The summed E-state index contributed by atoms with van der Waals surface area (Å²) in [6, 6.07) is 6.00. The van der Waals surface area contributed by atoms with E-state index < -0.39 is 0 Å². The number of phenols is 1. The summed E-state index contributed by atoms with van der Waals surface area (Å²) in [6.07, 6.45) is 10.0. The molecule has 2 rings (SSSR count). The van der Waals surface area contributed by atoms with Gasteiger partial charge in [0, 0.05) is 21.7 Å². The van der Waals surface area contributed by atoms with Crippen LogP contribution in [0.25, 0.3) is 0 Å². The molecule has 0 aromatic heterocycles. The van der Waals surface area contributed by atoms with Gasteiger partial charge in [-0.1, -0.05) is 45.9 Å². The van der Waals surface area contributed by atoms with Gasteiger partial charge in [-0.15, -0.1) is 31.2 Å². The first-order chi connectivity index (χ1) is 8.54. The summed E-state index contributed by atoms with van der Waals surface area (Å²) in [5.41, 5.74) is 2.09. The summed E-state index contributed by atoms with van der Waals surface area (Å²) in [5, 5.41) is 9.93. The molecule has 1 aliphatic carbocycles.